The van der Waals surface area contributed by atoms with Gasteiger partial charge in [0.1, 0.15) is 11.6 Å². The van der Waals surface area contributed by atoms with Crippen LogP contribution >= 0.6 is 0 Å². The van der Waals surface area contributed by atoms with Crippen molar-refractivity contribution in [2.75, 3.05) is 19.6 Å². The molecule has 1 saturated heterocycles. The molecule has 8 nitrogen and oxygen atoms in total. The number of rotatable bonds is 8. The van der Waals surface area contributed by atoms with Crippen molar-refractivity contribution in [1.82, 2.24) is 25.7 Å². The second kappa shape index (κ2) is 10.8. The maximum atomic E-state index is 14.1. The molecular weight excluding hydrogens is 480 g/mol. The zero-order valence-electron chi connectivity index (χ0n) is 20.5. The van der Waals surface area contributed by atoms with E-state index in [1.165, 1.54) is 25.0 Å². The maximum absolute atomic E-state index is 14.1. The first-order chi connectivity index (χ1) is 17.9. The van der Waals surface area contributed by atoms with Gasteiger partial charge in [-0.2, -0.15) is 0 Å². The fourth-order valence-electron chi connectivity index (χ4n) is 4.76. The number of nitrogens with zero attached hydrogens (tertiary/aromatic N) is 3. The lowest BCUT2D eigenvalue weighted by atomic mass is 9.90. The molecule has 1 saturated carbocycles. The predicted octanol–water partition coefficient (Wildman–Crippen LogP) is 3.72. The monoisotopic (exact) mass is 509 g/mol. The number of piperidine rings is 1. The van der Waals surface area contributed by atoms with Crippen molar-refractivity contribution in [3.63, 3.8) is 0 Å². The summed E-state index contributed by atoms with van der Waals surface area (Å²) in [7, 11) is 0. The zero-order valence-corrected chi connectivity index (χ0v) is 20.5. The van der Waals surface area contributed by atoms with Gasteiger partial charge < -0.3 is 20.1 Å². The Hall–Kier alpha value is -3.66. The highest BCUT2D eigenvalue weighted by atomic mass is 19.1. The quantitative estimate of drug-likeness (QED) is 0.480. The third-order valence-corrected chi connectivity index (χ3v) is 6.99. The molecule has 0 radical (unpaired) electrons. The van der Waals surface area contributed by atoms with Crippen LogP contribution < -0.4 is 10.6 Å². The molecule has 0 unspecified atom stereocenters. The van der Waals surface area contributed by atoms with E-state index < -0.39 is 29.5 Å². The van der Waals surface area contributed by atoms with Crippen LogP contribution in [0.25, 0.3) is 11.3 Å². The molecule has 10 heteroatoms. The minimum absolute atomic E-state index is 0.00194. The Morgan fingerprint density at radius 2 is 2.00 bits per heavy atom. The molecule has 37 heavy (non-hydrogen) atoms. The topological polar surface area (TPSA) is 100 Å². The van der Waals surface area contributed by atoms with Gasteiger partial charge >= 0.3 is 0 Å². The molecule has 3 heterocycles. The Kier molecular flexibility index (Phi) is 7.27. The van der Waals surface area contributed by atoms with Gasteiger partial charge in [0.15, 0.2) is 11.5 Å². The first-order valence-corrected chi connectivity index (χ1v) is 12.5. The summed E-state index contributed by atoms with van der Waals surface area (Å²) in [5, 5.41) is 9.76. The SMILES string of the molecule is C[C@@H](NC(=O)[C@@H]1CN(CC2CC2)CC[C@H]1NC(=O)c1cc(-c2ccc(F)cc2F)on1)c1ccccn1. The molecule has 1 aromatic carbocycles. The number of benzene rings is 1. The van der Waals surface area contributed by atoms with Gasteiger partial charge in [0.25, 0.3) is 5.91 Å². The van der Waals surface area contributed by atoms with Crippen molar-refractivity contribution >= 4 is 11.8 Å². The molecular formula is C27H29F2N5O3. The number of aromatic nitrogens is 2. The van der Waals surface area contributed by atoms with Crippen LogP contribution in [-0.2, 0) is 4.79 Å². The van der Waals surface area contributed by atoms with Crippen molar-refractivity contribution in [2.24, 2.45) is 11.8 Å². The van der Waals surface area contributed by atoms with Gasteiger partial charge in [-0.3, -0.25) is 14.6 Å². The summed E-state index contributed by atoms with van der Waals surface area (Å²) >= 11 is 0. The smallest absolute Gasteiger partial charge is 0.273 e. The summed E-state index contributed by atoms with van der Waals surface area (Å²) in [6.07, 6.45) is 4.72. The third-order valence-electron chi connectivity index (χ3n) is 6.99. The zero-order chi connectivity index (χ0) is 25.9. The number of carbonyl (C=O) groups is 2. The molecule has 2 N–H and O–H groups in total. The molecule has 2 amide bonds. The molecule has 3 atom stereocenters. The molecule has 0 bridgehead atoms. The fraction of sp³-hybridized carbons (Fsp3) is 0.407. The number of nitrogens with one attached hydrogen (secondary N) is 2. The van der Waals surface area contributed by atoms with Crippen LogP contribution in [0.2, 0.25) is 0 Å². The molecule has 3 aromatic rings. The summed E-state index contributed by atoms with van der Waals surface area (Å²) in [4.78, 5) is 33.0. The Bertz CT molecular complexity index is 1260. The van der Waals surface area contributed by atoms with Gasteiger partial charge in [0.2, 0.25) is 5.91 Å². The van der Waals surface area contributed by atoms with E-state index in [2.05, 4.69) is 25.7 Å². The number of amides is 2. The minimum Gasteiger partial charge on any atom is -0.355 e. The molecule has 5 rings (SSSR count). The van der Waals surface area contributed by atoms with Gasteiger partial charge in [0, 0.05) is 44.0 Å². The van der Waals surface area contributed by atoms with E-state index in [1.807, 2.05) is 25.1 Å². The summed E-state index contributed by atoms with van der Waals surface area (Å²) in [5.74, 6) is -1.98. The number of carbonyl (C=O) groups excluding carboxylic acids is 2. The van der Waals surface area contributed by atoms with Gasteiger partial charge in [-0.15, -0.1) is 0 Å². The van der Waals surface area contributed by atoms with Crippen LogP contribution in [0.4, 0.5) is 8.78 Å². The van der Waals surface area contributed by atoms with E-state index in [0.29, 0.717) is 18.9 Å². The number of hydrogen-bond donors (Lipinski definition) is 2. The summed E-state index contributed by atoms with van der Waals surface area (Å²) in [6, 6.07) is 9.23. The number of halogens is 2. The lowest BCUT2D eigenvalue weighted by Crippen LogP contribution is -2.56. The number of hydrogen-bond acceptors (Lipinski definition) is 6. The highest BCUT2D eigenvalue weighted by Gasteiger charge is 2.38. The van der Waals surface area contributed by atoms with E-state index >= 15 is 0 Å². The summed E-state index contributed by atoms with van der Waals surface area (Å²) < 4.78 is 32.5. The average Bonchev–Trinajstić information content (AvgIpc) is 3.57. The summed E-state index contributed by atoms with van der Waals surface area (Å²) in [6.45, 7) is 4.14. The number of pyridine rings is 1. The van der Waals surface area contributed by atoms with Crippen LogP contribution in [0.1, 0.15) is 48.4 Å². The predicted molar refractivity (Wildman–Crippen MR) is 131 cm³/mol. The lowest BCUT2D eigenvalue weighted by Gasteiger charge is -2.38. The first-order valence-electron chi connectivity index (χ1n) is 12.5. The van der Waals surface area contributed by atoms with Crippen molar-refractivity contribution in [1.29, 1.82) is 0 Å². The fourth-order valence-corrected chi connectivity index (χ4v) is 4.76. The molecule has 2 fully saturated rings. The molecule has 1 aliphatic heterocycles. The van der Waals surface area contributed by atoms with Crippen LogP contribution in [0.3, 0.4) is 0 Å². The highest BCUT2D eigenvalue weighted by molar-refractivity contribution is 5.94. The van der Waals surface area contributed by atoms with E-state index in [4.69, 9.17) is 4.52 Å². The highest BCUT2D eigenvalue weighted by Crippen LogP contribution is 2.31. The van der Waals surface area contributed by atoms with Crippen LogP contribution in [-0.4, -0.2) is 52.5 Å². The normalized spacial score (nSPS) is 20.8. The molecule has 2 aromatic heterocycles. The summed E-state index contributed by atoms with van der Waals surface area (Å²) in [5.41, 5.74) is 0.715. The Labute approximate surface area is 213 Å². The molecule has 194 valence electrons. The largest absolute Gasteiger partial charge is 0.355 e. The van der Waals surface area contributed by atoms with Gasteiger partial charge in [-0.25, -0.2) is 8.78 Å². The van der Waals surface area contributed by atoms with E-state index in [-0.39, 0.29) is 29.0 Å². The Morgan fingerprint density at radius 1 is 1.16 bits per heavy atom. The third kappa shape index (κ3) is 6.02. The van der Waals surface area contributed by atoms with Crippen LogP contribution in [0.15, 0.2) is 53.2 Å². The molecule has 0 spiro atoms. The molecule has 1 aliphatic carbocycles. The van der Waals surface area contributed by atoms with Gasteiger partial charge in [-0.1, -0.05) is 11.2 Å². The van der Waals surface area contributed by atoms with Gasteiger partial charge in [0.05, 0.1) is 23.2 Å². The Balaban J connectivity index is 1.29. The van der Waals surface area contributed by atoms with Crippen molar-refractivity contribution in [3.8, 4) is 11.3 Å². The van der Waals surface area contributed by atoms with Crippen LogP contribution in [0, 0.1) is 23.5 Å². The first kappa shape index (κ1) is 25.0. The second-order valence-electron chi connectivity index (χ2n) is 9.86. The van der Waals surface area contributed by atoms with Crippen molar-refractivity contribution in [3.05, 3.63) is 71.7 Å². The second-order valence-corrected chi connectivity index (χ2v) is 9.86. The van der Waals surface area contributed by atoms with Crippen LogP contribution in [0.5, 0.6) is 0 Å². The van der Waals surface area contributed by atoms with E-state index in [1.54, 1.807) is 6.20 Å². The van der Waals surface area contributed by atoms with E-state index in [9.17, 15) is 18.4 Å². The van der Waals surface area contributed by atoms with Crippen molar-refractivity contribution in [2.45, 2.75) is 38.3 Å². The maximum Gasteiger partial charge on any atom is 0.273 e. The van der Waals surface area contributed by atoms with Crippen molar-refractivity contribution < 1.29 is 22.9 Å². The molecule has 2 aliphatic rings. The number of likely N-dealkylation sites (tertiary alicyclic amines) is 1. The lowest BCUT2D eigenvalue weighted by molar-refractivity contribution is -0.128. The average molecular weight is 510 g/mol. The Morgan fingerprint density at radius 3 is 2.73 bits per heavy atom. The van der Waals surface area contributed by atoms with E-state index in [0.717, 1.165) is 30.9 Å². The standard InChI is InChI=1S/C27H29F2N5O3/c1-16(22-4-2-3-10-30-22)31-26(35)20-15-34(14-17-5-6-17)11-9-23(20)32-27(36)24-13-25(37-33-24)19-8-7-18(28)12-21(19)29/h2-4,7-8,10,12-13,16-17,20,23H,5-6,9,11,14-15H2,1H3,(H,31,35)(H,32,36)/t16-,20-,23-/m1/s1. The minimum atomic E-state index is -0.815. The van der Waals surface area contributed by atoms with Gasteiger partial charge in [-0.05, 0) is 56.4 Å².